The number of imidazole rings is 2. The topological polar surface area (TPSA) is 48.3 Å². The van der Waals surface area contributed by atoms with Gasteiger partial charge in [0.25, 0.3) is 0 Å². The summed E-state index contributed by atoms with van der Waals surface area (Å²) in [6.07, 6.45) is 1.76. The zero-order valence-electron chi connectivity index (χ0n) is 12.9. The smallest absolute Gasteiger partial charge is 0.227 e. The Hall–Kier alpha value is -3.34. The minimum absolute atomic E-state index is 0.668. The van der Waals surface area contributed by atoms with E-state index in [2.05, 4.69) is 39.2 Å². The van der Waals surface area contributed by atoms with E-state index < -0.39 is 0 Å². The van der Waals surface area contributed by atoms with Gasteiger partial charge in [-0.2, -0.15) is 0 Å². The highest BCUT2D eigenvalue weighted by Crippen LogP contribution is 2.36. The number of furan rings is 1. The Morgan fingerprint density at radius 3 is 2.83 bits per heavy atom. The number of para-hydroxylation sites is 2. The summed E-state index contributed by atoms with van der Waals surface area (Å²) in [6, 6.07) is 16.3. The maximum atomic E-state index is 5.95. The number of aryl methyl sites for hydroxylation is 1. The van der Waals surface area contributed by atoms with Crippen molar-refractivity contribution in [3.8, 4) is 0 Å². The molecule has 0 unspecified atom stereocenters. The largest absolute Gasteiger partial charge is 0.438 e. The summed E-state index contributed by atoms with van der Waals surface area (Å²) in [5.41, 5.74) is 5.85. The molecule has 2 aromatic carbocycles. The Morgan fingerprint density at radius 2 is 1.88 bits per heavy atom. The minimum Gasteiger partial charge on any atom is -0.438 e. The van der Waals surface area contributed by atoms with E-state index in [-0.39, 0.29) is 0 Å². The third kappa shape index (κ3) is 1.27. The second kappa shape index (κ2) is 3.94. The predicted molar refractivity (Wildman–Crippen MR) is 94.2 cm³/mol. The zero-order valence-corrected chi connectivity index (χ0v) is 12.9. The molecule has 24 heavy (non-hydrogen) atoms. The van der Waals surface area contributed by atoms with Crippen LogP contribution in [0.1, 0.15) is 0 Å². The van der Waals surface area contributed by atoms with Gasteiger partial charge in [-0.1, -0.05) is 12.1 Å². The van der Waals surface area contributed by atoms with Crippen LogP contribution in [0.4, 0.5) is 0 Å². The molecule has 0 aliphatic rings. The number of pyridine rings is 1. The number of rotatable bonds is 0. The normalized spacial score (nSPS) is 12.4. The second-order valence-corrected chi connectivity index (χ2v) is 6.06. The molecule has 0 N–H and O–H groups in total. The van der Waals surface area contributed by atoms with Crippen LogP contribution < -0.4 is 0 Å². The van der Waals surface area contributed by atoms with Crippen molar-refractivity contribution in [1.82, 2.24) is 18.9 Å². The molecule has 0 fully saturated rings. The Balaban J connectivity index is 2.03. The highest BCUT2D eigenvalue weighted by Gasteiger charge is 2.19. The number of benzene rings is 2. The standard InChI is InChI=1S/C19H12N4O/c1-22-14-8-9-15-16(11-5-4-10-20-18(11)24-15)17(14)23-13-7-3-2-6-12(13)21-19(22)23/h2-10H,1H3. The number of hydrogen-bond acceptors (Lipinski definition) is 3. The molecule has 4 heterocycles. The molecule has 6 aromatic rings. The van der Waals surface area contributed by atoms with Crippen LogP contribution in [0.2, 0.25) is 0 Å². The van der Waals surface area contributed by atoms with Gasteiger partial charge in [-0.25, -0.2) is 9.97 Å². The van der Waals surface area contributed by atoms with Crippen molar-refractivity contribution in [1.29, 1.82) is 0 Å². The molecule has 6 rings (SSSR count). The van der Waals surface area contributed by atoms with Crippen LogP contribution in [-0.2, 0) is 7.05 Å². The molecule has 4 aromatic heterocycles. The Morgan fingerprint density at radius 1 is 0.958 bits per heavy atom. The first kappa shape index (κ1) is 12.1. The van der Waals surface area contributed by atoms with Gasteiger partial charge in [-0.05, 0) is 36.4 Å². The molecule has 0 bridgehead atoms. The van der Waals surface area contributed by atoms with Gasteiger partial charge < -0.3 is 8.98 Å². The molecule has 0 saturated carbocycles. The van der Waals surface area contributed by atoms with Crippen LogP contribution in [-0.4, -0.2) is 18.9 Å². The third-order valence-corrected chi connectivity index (χ3v) is 4.79. The lowest BCUT2D eigenvalue weighted by Gasteiger charge is -1.98. The molecule has 0 aliphatic heterocycles. The number of hydrogen-bond donors (Lipinski definition) is 0. The Labute approximate surface area is 135 Å². The van der Waals surface area contributed by atoms with E-state index in [0.29, 0.717) is 5.71 Å². The van der Waals surface area contributed by atoms with E-state index in [4.69, 9.17) is 9.40 Å². The lowest BCUT2D eigenvalue weighted by molar-refractivity contribution is 0.654. The fourth-order valence-electron chi connectivity index (χ4n) is 3.74. The monoisotopic (exact) mass is 312 g/mol. The molecule has 5 heteroatoms. The quantitative estimate of drug-likeness (QED) is 0.421. The van der Waals surface area contributed by atoms with Crippen LogP contribution >= 0.6 is 0 Å². The van der Waals surface area contributed by atoms with E-state index in [9.17, 15) is 0 Å². The van der Waals surface area contributed by atoms with Crippen LogP contribution in [0.3, 0.4) is 0 Å². The lowest BCUT2D eigenvalue weighted by Crippen LogP contribution is -1.87. The summed E-state index contributed by atoms with van der Waals surface area (Å²) in [5.74, 6) is 0.928. The summed E-state index contributed by atoms with van der Waals surface area (Å²) < 4.78 is 10.3. The molecule has 0 saturated heterocycles. The summed E-state index contributed by atoms with van der Waals surface area (Å²) in [5, 5.41) is 2.12. The molecule has 0 atom stereocenters. The average molecular weight is 312 g/mol. The van der Waals surface area contributed by atoms with Crippen LogP contribution in [0.25, 0.3) is 49.9 Å². The van der Waals surface area contributed by atoms with Gasteiger partial charge in [0, 0.05) is 13.2 Å². The van der Waals surface area contributed by atoms with Gasteiger partial charge in [-0.15, -0.1) is 0 Å². The molecule has 0 spiro atoms. The summed E-state index contributed by atoms with van der Waals surface area (Å²) in [6.45, 7) is 0. The van der Waals surface area contributed by atoms with Gasteiger partial charge in [0.15, 0.2) is 0 Å². The lowest BCUT2D eigenvalue weighted by atomic mass is 10.1. The zero-order chi connectivity index (χ0) is 15.8. The van der Waals surface area contributed by atoms with Gasteiger partial charge in [0.1, 0.15) is 5.58 Å². The van der Waals surface area contributed by atoms with Gasteiger partial charge in [-0.3, -0.25) is 4.40 Å². The van der Waals surface area contributed by atoms with Crippen molar-refractivity contribution in [3.05, 3.63) is 54.7 Å². The molecular weight excluding hydrogens is 300 g/mol. The molecule has 0 aliphatic carbocycles. The summed E-state index contributed by atoms with van der Waals surface area (Å²) >= 11 is 0. The first-order valence-corrected chi connectivity index (χ1v) is 7.85. The van der Waals surface area contributed by atoms with Crippen LogP contribution in [0.5, 0.6) is 0 Å². The van der Waals surface area contributed by atoms with Crippen molar-refractivity contribution in [2.45, 2.75) is 0 Å². The Bertz CT molecular complexity index is 1420. The summed E-state index contributed by atoms with van der Waals surface area (Å²) in [4.78, 5) is 9.17. The maximum absolute atomic E-state index is 5.95. The van der Waals surface area contributed by atoms with Crippen LogP contribution in [0.15, 0.2) is 59.1 Å². The first-order valence-electron chi connectivity index (χ1n) is 7.85. The van der Waals surface area contributed by atoms with E-state index >= 15 is 0 Å². The molecule has 0 amide bonds. The molecular formula is C19H12N4O. The van der Waals surface area contributed by atoms with Crippen molar-refractivity contribution in [2.75, 3.05) is 0 Å². The van der Waals surface area contributed by atoms with E-state index in [1.807, 2.05) is 30.3 Å². The number of fused-ring (bicyclic) bond motifs is 9. The van der Waals surface area contributed by atoms with E-state index in [1.165, 1.54) is 0 Å². The predicted octanol–water partition coefficient (Wildman–Crippen LogP) is 4.27. The fourth-order valence-corrected chi connectivity index (χ4v) is 3.74. The summed E-state index contributed by atoms with van der Waals surface area (Å²) in [7, 11) is 2.05. The number of aromatic nitrogens is 4. The highest BCUT2D eigenvalue weighted by molar-refractivity contribution is 6.17. The van der Waals surface area contributed by atoms with Gasteiger partial charge in [0.2, 0.25) is 11.5 Å². The molecule has 114 valence electrons. The fraction of sp³-hybridized carbons (Fsp3) is 0.0526. The molecule has 5 nitrogen and oxygen atoms in total. The van der Waals surface area contributed by atoms with E-state index in [0.717, 1.165) is 44.2 Å². The SMILES string of the molecule is Cn1c2ccc3oc4ncccc4c3c2n2c3ccccc3nc12. The van der Waals surface area contributed by atoms with E-state index in [1.54, 1.807) is 6.20 Å². The van der Waals surface area contributed by atoms with Crippen molar-refractivity contribution in [2.24, 2.45) is 7.05 Å². The van der Waals surface area contributed by atoms with Crippen molar-refractivity contribution >= 4 is 49.9 Å². The van der Waals surface area contributed by atoms with Crippen LogP contribution in [0, 0.1) is 0 Å². The highest BCUT2D eigenvalue weighted by atomic mass is 16.3. The Kier molecular flexibility index (Phi) is 1.99. The minimum atomic E-state index is 0.668. The average Bonchev–Trinajstić information content (AvgIpc) is 3.25. The second-order valence-electron chi connectivity index (χ2n) is 6.06. The maximum Gasteiger partial charge on any atom is 0.227 e. The van der Waals surface area contributed by atoms with Crippen molar-refractivity contribution in [3.63, 3.8) is 0 Å². The molecule has 0 radical (unpaired) electrons. The van der Waals surface area contributed by atoms with Gasteiger partial charge >= 0.3 is 0 Å². The third-order valence-electron chi connectivity index (χ3n) is 4.79. The number of nitrogens with zero attached hydrogens (tertiary/aromatic N) is 4. The first-order chi connectivity index (χ1) is 11.8. The van der Waals surface area contributed by atoms with Crippen molar-refractivity contribution < 1.29 is 4.42 Å². The van der Waals surface area contributed by atoms with Gasteiger partial charge in [0.05, 0.1) is 32.8 Å².